The van der Waals surface area contributed by atoms with Crippen LogP contribution in [0.1, 0.15) is 18.2 Å². The number of aryl methyl sites for hydroxylation is 2. The van der Waals surface area contributed by atoms with Gasteiger partial charge >= 0.3 is 0 Å². The zero-order valence-corrected chi connectivity index (χ0v) is 11.4. The monoisotopic (exact) mass is 257 g/mol. The number of nitrogens with one attached hydrogen (secondary N) is 1. The van der Waals surface area contributed by atoms with Crippen LogP contribution >= 0.6 is 0 Å². The van der Waals surface area contributed by atoms with Crippen LogP contribution in [0, 0.1) is 6.92 Å². The smallest absolute Gasteiger partial charge is 0.129 e. The Kier molecular flexibility index (Phi) is 4.72. The minimum absolute atomic E-state index is 0.606. The molecule has 0 aliphatic heterocycles. The average molecular weight is 257 g/mol. The van der Waals surface area contributed by atoms with Crippen molar-refractivity contribution in [1.29, 1.82) is 0 Å². The fourth-order valence-electron chi connectivity index (χ4n) is 1.74. The first kappa shape index (κ1) is 13.3. The zero-order valence-electron chi connectivity index (χ0n) is 11.4. The molecule has 2 aromatic rings. The number of rotatable bonds is 6. The standard InChI is InChI=1S/C15H19N3O/c1-3-13-10-15(18-11-17-13)16-7-8-19-14-6-4-5-12(2)9-14/h4-6,9-11H,3,7-8H2,1-2H3,(H,16,17,18). The third-order valence-corrected chi connectivity index (χ3v) is 2.75. The maximum Gasteiger partial charge on any atom is 0.129 e. The maximum atomic E-state index is 5.66. The Morgan fingerprint density at radius 3 is 2.89 bits per heavy atom. The normalized spacial score (nSPS) is 10.2. The number of aromatic nitrogens is 2. The largest absolute Gasteiger partial charge is 0.492 e. The van der Waals surface area contributed by atoms with E-state index in [1.807, 2.05) is 24.3 Å². The molecule has 0 amide bonds. The van der Waals surface area contributed by atoms with Gasteiger partial charge in [-0.15, -0.1) is 0 Å². The van der Waals surface area contributed by atoms with Gasteiger partial charge in [0.1, 0.15) is 24.5 Å². The van der Waals surface area contributed by atoms with Crippen LogP contribution in [0.15, 0.2) is 36.7 Å². The molecule has 4 heteroatoms. The van der Waals surface area contributed by atoms with Crippen LogP contribution in [-0.2, 0) is 6.42 Å². The van der Waals surface area contributed by atoms with E-state index < -0.39 is 0 Å². The van der Waals surface area contributed by atoms with Gasteiger partial charge in [-0.1, -0.05) is 19.1 Å². The Balaban J connectivity index is 1.77. The van der Waals surface area contributed by atoms with E-state index >= 15 is 0 Å². The summed E-state index contributed by atoms with van der Waals surface area (Å²) in [5.74, 6) is 1.75. The van der Waals surface area contributed by atoms with Gasteiger partial charge in [-0.05, 0) is 31.0 Å². The Labute approximate surface area is 113 Å². The van der Waals surface area contributed by atoms with E-state index in [2.05, 4.69) is 35.2 Å². The first-order valence-electron chi connectivity index (χ1n) is 6.52. The van der Waals surface area contributed by atoms with Crippen LogP contribution in [0.5, 0.6) is 5.75 Å². The molecule has 0 aliphatic rings. The second-order valence-electron chi connectivity index (χ2n) is 4.34. The second kappa shape index (κ2) is 6.73. The summed E-state index contributed by atoms with van der Waals surface area (Å²) < 4.78 is 5.66. The third-order valence-electron chi connectivity index (χ3n) is 2.75. The van der Waals surface area contributed by atoms with Crippen molar-refractivity contribution >= 4 is 5.82 Å². The molecule has 2 rings (SSSR count). The number of ether oxygens (including phenoxy) is 1. The van der Waals surface area contributed by atoms with E-state index in [4.69, 9.17) is 4.74 Å². The molecular weight excluding hydrogens is 238 g/mol. The number of hydrogen-bond acceptors (Lipinski definition) is 4. The van der Waals surface area contributed by atoms with Crippen LogP contribution in [0.25, 0.3) is 0 Å². The van der Waals surface area contributed by atoms with E-state index in [0.717, 1.165) is 23.7 Å². The van der Waals surface area contributed by atoms with Crippen molar-refractivity contribution in [3.8, 4) is 5.75 Å². The van der Waals surface area contributed by atoms with Gasteiger partial charge in [-0.3, -0.25) is 0 Å². The summed E-state index contributed by atoms with van der Waals surface area (Å²) in [6, 6.07) is 10.0. The lowest BCUT2D eigenvalue weighted by molar-refractivity contribution is 0.332. The fourth-order valence-corrected chi connectivity index (χ4v) is 1.74. The van der Waals surface area contributed by atoms with Crippen molar-refractivity contribution in [1.82, 2.24) is 9.97 Å². The van der Waals surface area contributed by atoms with Gasteiger partial charge in [-0.25, -0.2) is 9.97 Å². The van der Waals surface area contributed by atoms with Gasteiger partial charge in [0.15, 0.2) is 0 Å². The predicted molar refractivity (Wildman–Crippen MR) is 76.6 cm³/mol. The number of benzene rings is 1. The Morgan fingerprint density at radius 1 is 1.21 bits per heavy atom. The van der Waals surface area contributed by atoms with Gasteiger partial charge in [0.2, 0.25) is 0 Å². The number of nitrogens with zero attached hydrogens (tertiary/aromatic N) is 2. The molecule has 19 heavy (non-hydrogen) atoms. The lowest BCUT2D eigenvalue weighted by atomic mass is 10.2. The molecule has 0 atom stereocenters. The topological polar surface area (TPSA) is 47.0 Å². The Bertz CT molecular complexity index is 528. The van der Waals surface area contributed by atoms with Crippen molar-refractivity contribution in [3.63, 3.8) is 0 Å². The van der Waals surface area contributed by atoms with Crippen molar-refractivity contribution in [2.45, 2.75) is 20.3 Å². The molecule has 0 saturated heterocycles. The highest BCUT2D eigenvalue weighted by atomic mass is 16.5. The predicted octanol–water partition coefficient (Wildman–Crippen LogP) is 2.84. The molecule has 0 aliphatic carbocycles. The molecule has 100 valence electrons. The molecule has 0 radical (unpaired) electrons. The molecule has 1 aromatic carbocycles. The van der Waals surface area contributed by atoms with Crippen molar-refractivity contribution in [3.05, 3.63) is 47.9 Å². The molecule has 0 spiro atoms. The van der Waals surface area contributed by atoms with E-state index in [-0.39, 0.29) is 0 Å². The first-order valence-corrected chi connectivity index (χ1v) is 6.52. The molecule has 0 bridgehead atoms. The van der Waals surface area contributed by atoms with Gasteiger partial charge in [0.25, 0.3) is 0 Å². The first-order chi connectivity index (χ1) is 9.28. The van der Waals surface area contributed by atoms with Crippen LogP contribution in [0.3, 0.4) is 0 Å². The zero-order chi connectivity index (χ0) is 13.5. The van der Waals surface area contributed by atoms with E-state index in [9.17, 15) is 0 Å². The molecule has 0 saturated carbocycles. The lowest BCUT2D eigenvalue weighted by Crippen LogP contribution is -2.12. The number of anilines is 1. The highest BCUT2D eigenvalue weighted by molar-refractivity contribution is 5.34. The molecule has 4 nitrogen and oxygen atoms in total. The van der Waals surface area contributed by atoms with E-state index in [0.29, 0.717) is 13.2 Å². The summed E-state index contributed by atoms with van der Waals surface area (Å²) in [4.78, 5) is 8.33. The van der Waals surface area contributed by atoms with Crippen LogP contribution in [-0.4, -0.2) is 23.1 Å². The minimum atomic E-state index is 0.606. The van der Waals surface area contributed by atoms with Gasteiger partial charge in [0.05, 0.1) is 6.54 Å². The average Bonchev–Trinajstić information content (AvgIpc) is 2.44. The third kappa shape index (κ3) is 4.25. The number of hydrogen-bond donors (Lipinski definition) is 1. The summed E-state index contributed by atoms with van der Waals surface area (Å²) in [6.07, 6.45) is 2.50. The van der Waals surface area contributed by atoms with E-state index in [1.165, 1.54) is 5.56 Å². The lowest BCUT2D eigenvalue weighted by Gasteiger charge is -2.08. The highest BCUT2D eigenvalue weighted by Crippen LogP contribution is 2.12. The van der Waals surface area contributed by atoms with Crippen molar-refractivity contribution in [2.24, 2.45) is 0 Å². The van der Waals surface area contributed by atoms with Gasteiger partial charge in [-0.2, -0.15) is 0 Å². The summed E-state index contributed by atoms with van der Waals surface area (Å²) >= 11 is 0. The fraction of sp³-hybridized carbons (Fsp3) is 0.333. The molecular formula is C15H19N3O. The second-order valence-corrected chi connectivity index (χ2v) is 4.34. The maximum absolute atomic E-state index is 5.66. The van der Waals surface area contributed by atoms with E-state index in [1.54, 1.807) is 6.33 Å². The van der Waals surface area contributed by atoms with Crippen molar-refractivity contribution < 1.29 is 4.74 Å². The molecule has 1 aromatic heterocycles. The van der Waals surface area contributed by atoms with Crippen molar-refractivity contribution in [2.75, 3.05) is 18.5 Å². The highest BCUT2D eigenvalue weighted by Gasteiger charge is 1.97. The van der Waals surface area contributed by atoms with Gasteiger partial charge in [0, 0.05) is 11.8 Å². The Morgan fingerprint density at radius 2 is 2.11 bits per heavy atom. The van der Waals surface area contributed by atoms with Gasteiger partial charge < -0.3 is 10.1 Å². The molecule has 1 heterocycles. The summed E-state index contributed by atoms with van der Waals surface area (Å²) in [5.41, 5.74) is 2.24. The SMILES string of the molecule is CCc1cc(NCCOc2cccc(C)c2)ncn1. The summed E-state index contributed by atoms with van der Waals surface area (Å²) in [7, 11) is 0. The molecule has 1 N–H and O–H groups in total. The summed E-state index contributed by atoms with van der Waals surface area (Å²) in [5, 5.41) is 3.23. The quantitative estimate of drug-likeness (QED) is 0.808. The van der Waals surface area contributed by atoms with Crippen LogP contribution in [0.4, 0.5) is 5.82 Å². The Hall–Kier alpha value is -2.10. The minimum Gasteiger partial charge on any atom is -0.492 e. The molecule has 0 unspecified atom stereocenters. The van der Waals surface area contributed by atoms with Crippen LogP contribution < -0.4 is 10.1 Å². The molecule has 0 fully saturated rings. The van der Waals surface area contributed by atoms with Crippen LogP contribution in [0.2, 0.25) is 0 Å². The summed E-state index contributed by atoms with van der Waals surface area (Å²) in [6.45, 7) is 5.45.